The average Bonchev–Trinajstić information content (AvgIpc) is 3.26. The summed E-state index contributed by atoms with van der Waals surface area (Å²) >= 11 is 0. The van der Waals surface area contributed by atoms with Gasteiger partial charge < -0.3 is 4.90 Å². The van der Waals surface area contributed by atoms with Gasteiger partial charge in [0.05, 0.1) is 0 Å². The Morgan fingerprint density at radius 2 is 2.05 bits per heavy atom. The fourth-order valence-electron chi connectivity index (χ4n) is 3.93. The summed E-state index contributed by atoms with van der Waals surface area (Å²) in [7, 11) is 0. The van der Waals surface area contributed by atoms with Crippen molar-refractivity contribution in [3.63, 3.8) is 0 Å². The second-order valence-electron chi connectivity index (χ2n) is 7.27. The van der Waals surface area contributed by atoms with E-state index in [0.717, 1.165) is 24.2 Å². The Kier molecular flexibility index (Phi) is 2.66. The first kappa shape index (κ1) is 12.9. The molecule has 1 fully saturated rings. The minimum atomic E-state index is 0.328. The fourth-order valence-corrected chi connectivity index (χ4v) is 3.93. The molecule has 1 unspecified atom stereocenters. The molecule has 0 bridgehead atoms. The quantitative estimate of drug-likeness (QED) is 0.753. The van der Waals surface area contributed by atoms with Crippen LogP contribution < -0.4 is 4.90 Å². The molecule has 2 aromatic rings. The van der Waals surface area contributed by atoms with E-state index in [2.05, 4.69) is 61.0 Å². The van der Waals surface area contributed by atoms with Gasteiger partial charge in [-0.3, -0.25) is 0 Å². The van der Waals surface area contributed by atoms with Crippen LogP contribution in [0.4, 0.5) is 11.5 Å². The van der Waals surface area contributed by atoms with E-state index in [-0.39, 0.29) is 0 Å². The number of hydrogen-bond donors (Lipinski definition) is 0. The first-order valence-corrected chi connectivity index (χ1v) is 7.85. The largest absolute Gasteiger partial charge is 0.326 e. The SMILES string of the molecule is Cc1ccc2c(c1)N(c1ccccn1)CC(C)(C)[C@@H]1CC21. The van der Waals surface area contributed by atoms with E-state index in [1.807, 2.05) is 12.3 Å². The third-order valence-corrected chi connectivity index (χ3v) is 5.16. The number of anilines is 2. The Balaban J connectivity index is 1.89. The van der Waals surface area contributed by atoms with E-state index in [1.165, 1.54) is 23.2 Å². The molecule has 21 heavy (non-hydrogen) atoms. The van der Waals surface area contributed by atoms with Gasteiger partial charge in [-0.2, -0.15) is 0 Å². The van der Waals surface area contributed by atoms with Gasteiger partial charge in [-0.25, -0.2) is 4.98 Å². The van der Waals surface area contributed by atoms with Gasteiger partial charge in [0, 0.05) is 18.4 Å². The van der Waals surface area contributed by atoms with Crippen molar-refractivity contribution >= 4 is 11.5 Å². The van der Waals surface area contributed by atoms with Crippen molar-refractivity contribution in [3.8, 4) is 0 Å². The van der Waals surface area contributed by atoms with Crippen LogP contribution in [0.5, 0.6) is 0 Å². The highest BCUT2D eigenvalue weighted by Crippen LogP contribution is 2.61. The molecule has 2 nitrogen and oxygen atoms in total. The number of rotatable bonds is 1. The number of benzene rings is 1. The first-order chi connectivity index (χ1) is 10.1. The van der Waals surface area contributed by atoms with Crippen molar-refractivity contribution in [2.45, 2.75) is 33.1 Å². The number of pyridine rings is 1. The number of nitrogens with zero attached hydrogens (tertiary/aromatic N) is 2. The van der Waals surface area contributed by atoms with Crippen LogP contribution in [-0.2, 0) is 0 Å². The zero-order chi connectivity index (χ0) is 14.6. The Morgan fingerprint density at radius 3 is 2.81 bits per heavy atom. The molecule has 2 atom stereocenters. The van der Waals surface area contributed by atoms with Crippen LogP contribution in [0, 0.1) is 18.3 Å². The topological polar surface area (TPSA) is 16.1 Å². The van der Waals surface area contributed by atoms with Crippen molar-refractivity contribution in [1.82, 2.24) is 4.98 Å². The molecule has 4 rings (SSSR count). The van der Waals surface area contributed by atoms with Crippen molar-refractivity contribution in [2.24, 2.45) is 11.3 Å². The smallest absolute Gasteiger partial charge is 0.132 e. The number of fused-ring (bicyclic) bond motifs is 3. The molecule has 1 aliphatic heterocycles. The highest BCUT2D eigenvalue weighted by atomic mass is 15.2. The van der Waals surface area contributed by atoms with Gasteiger partial charge in [-0.05, 0) is 59.9 Å². The summed E-state index contributed by atoms with van der Waals surface area (Å²) in [6.07, 6.45) is 3.24. The molecule has 0 saturated heterocycles. The Bertz CT molecular complexity index is 675. The molecule has 1 aliphatic carbocycles. The summed E-state index contributed by atoms with van der Waals surface area (Å²) in [5, 5.41) is 0. The van der Waals surface area contributed by atoms with Crippen molar-refractivity contribution in [1.29, 1.82) is 0 Å². The molecule has 1 aromatic carbocycles. The maximum Gasteiger partial charge on any atom is 0.132 e. The number of aromatic nitrogens is 1. The van der Waals surface area contributed by atoms with Crippen LogP contribution in [0.1, 0.15) is 37.3 Å². The molecule has 0 amide bonds. The second kappa shape index (κ2) is 4.33. The lowest BCUT2D eigenvalue weighted by Crippen LogP contribution is -2.32. The maximum atomic E-state index is 4.60. The van der Waals surface area contributed by atoms with E-state index >= 15 is 0 Å². The lowest BCUT2D eigenvalue weighted by molar-refractivity contribution is 0.318. The lowest BCUT2D eigenvalue weighted by Gasteiger charge is -2.32. The highest BCUT2D eigenvalue weighted by molar-refractivity contribution is 5.68. The van der Waals surface area contributed by atoms with E-state index in [1.54, 1.807) is 0 Å². The molecule has 2 aliphatic rings. The summed E-state index contributed by atoms with van der Waals surface area (Å²) in [5.41, 5.74) is 4.54. The summed E-state index contributed by atoms with van der Waals surface area (Å²) < 4.78 is 0. The summed E-state index contributed by atoms with van der Waals surface area (Å²) in [5.74, 6) is 2.62. The summed E-state index contributed by atoms with van der Waals surface area (Å²) in [4.78, 5) is 7.03. The van der Waals surface area contributed by atoms with Crippen LogP contribution >= 0.6 is 0 Å². The zero-order valence-corrected chi connectivity index (χ0v) is 13.0. The molecule has 1 aromatic heterocycles. The van der Waals surface area contributed by atoms with Gasteiger partial charge in [0.15, 0.2) is 0 Å². The maximum absolute atomic E-state index is 4.60. The zero-order valence-electron chi connectivity index (χ0n) is 13.0. The van der Waals surface area contributed by atoms with E-state index in [9.17, 15) is 0 Å². The minimum Gasteiger partial charge on any atom is -0.326 e. The molecular formula is C19H22N2. The standard InChI is InChI=1S/C19H22N2/c1-13-7-8-14-15-11-16(15)19(2,3)12-21(17(14)10-13)18-6-4-5-9-20-18/h4-10,15-16H,11-12H2,1-3H3/t15?,16-/m1/s1. The molecular weight excluding hydrogens is 256 g/mol. The lowest BCUT2D eigenvalue weighted by atomic mass is 9.86. The van der Waals surface area contributed by atoms with E-state index in [0.29, 0.717) is 5.41 Å². The van der Waals surface area contributed by atoms with Crippen LogP contribution in [0.15, 0.2) is 42.6 Å². The van der Waals surface area contributed by atoms with Crippen molar-refractivity contribution < 1.29 is 0 Å². The van der Waals surface area contributed by atoms with Crippen molar-refractivity contribution in [3.05, 3.63) is 53.7 Å². The van der Waals surface area contributed by atoms with Gasteiger partial charge >= 0.3 is 0 Å². The average molecular weight is 278 g/mol. The van der Waals surface area contributed by atoms with Gasteiger partial charge in [-0.1, -0.05) is 32.0 Å². The predicted molar refractivity (Wildman–Crippen MR) is 87.1 cm³/mol. The van der Waals surface area contributed by atoms with Crippen LogP contribution in [0.25, 0.3) is 0 Å². The number of hydrogen-bond acceptors (Lipinski definition) is 2. The second-order valence-corrected chi connectivity index (χ2v) is 7.27. The van der Waals surface area contributed by atoms with E-state index < -0.39 is 0 Å². The Morgan fingerprint density at radius 1 is 1.19 bits per heavy atom. The van der Waals surface area contributed by atoms with E-state index in [4.69, 9.17) is 0 Å². The molecule has 0 N–H and O–H groups in total. The molecule has 2 heteroatoms. The summed E-state index contributed by atoms with van der Waals surface area (Å²) in [6.45, 7) is 8.04. The third kappa shape index (κ3) is 2.05. The number of aryl methyl sites for hydroxylation is 1. The molecule has 1 saturated carbocycles. The van der Waals surface area contributed by atoms with Crippen molar-refractivity contribution in [2.75, 3.05) is 11.4 Å². The Labute approximate surface area is 126 Å². The summed E-state index contributed by atoms with van der Waals surface area (Å²) in [6, 6.07) is 13.1. The van der Waals surface area contributed by atoms with Gasteiger partial charge in [0.2, 0.25) is 0 Å². The normalized spacial score (nSPS) is 25.8. The van der Waals surface area contributed by atoms with Gasteiger partial charge in [0.25, 0.3) is 0 Å². The van der Waals surface area contributed by atoms with Crippen LogP contribution in [0.2, 0.25) is 0 Å². The monoisotopic (exact) mass is 278 g/mol. The fraction of sp³-hybridized carbons (Fsp3) is 0.421. The molecule has 108 valence electrons. The Hall–Kier alpha value is -1.83. The molecule has 0 spiro atoms. The highest BCUT2D eigenvalue weighted by Gasteiger charge is 2.52. The predicted octanol–water partition coefficient (Wildman–Crippen LogP) is 4.67. The van der Waals surface area contributed by atoms with Gasteiger partial charge in [0.1, 0.15) is 5.82 Å². The van der Waals surface area contributed by atoms with Crippen LogP contribution in [0.3, 0.4) is 0 Å². The van der Waals surface area contributed by atoms with Crippen LogP contribution in [-0.4, -0.2) is 11.5 Å². The third-order valence-electron chi connectivity index (χ3n) is 5.16. The first-order valence-electron chi connectivity index (χ1n) is 7.85. The molecule has 2 heterocycles. The van der Waals surface area contributed by atoms with Gasteiger partial charge in [-0.15, -0.1) is 0 Å². The minimum absolute atomic E-state index is 0.328. The molecule has 0 radical (unpaired) electrons.